The number of nitrogens with one attached hydrogen (secondary N) is 1. The van der Waals surface area contributed by atoms with Crippen molar-refractivity contribution in [1.29, 1.82) is 0 Å². The van der Waals surface area contributed by atoms with Gasteiger partial charge in [0.25, 0.3) is 5.91 Å². The molecule has 0 radical (unpaired) electrons. The Kier molecular flexibility index (Phi) is 5.90. The van der Waals surface area contributed by atoms with Crippen LogP contribution in [0.1, 0.15) is 51.0 Å². The van der Waals surface area contributed by atoms with Crippen molar-refractivity contribution in [3.63, 3.8) is 0 Å². The maximum atomic E-state index is 13.3. The number of likely N-dealkylation sites (tertiary alicyclic amines) is 2. The SMILES string of the molecule is C[C@]1(c2ccc3c(c2)OCO3)NC(=O)N(CN2CCC(C(=O)N3CCCCCC3)CC2)C1=O. The smallest absolute Gasteiger partial charge is 0.326 e. The lowest BCUT2D eigenvalue weighted by molar-refractivity contribution is -0.138. The molecule has 0 bridgehead atoms. The molecule has 3 fully saturated rings. The Morgan fingerprint density at radius 2 is 1.73 bits per heavy atom. The molecule has 9 nitrogen and oxygen atoms in total. The second kappa shape index (κ2) is 8.85. The zero-order valence-electron chi connectivity index (χ0n) is 19.2. The summed E-state index contributed by atoms with van der Waals surface area (Å²) >= 11 is 0. The summed E-state index contributed by atoms with van der Waals surface area (Å²) in [4.78, 5) is 44.4. The second-order valence-electron chi connectivity index (χ2n) is 9.63. The van der Waals surface area contributed by atoms with E-state index in [4.69, 9.17) is 9.47 Å². The van der Waals surface area contributed by atoms with Crippen molar-refractivity contribution in [3.05, 3.63) is 23.8 Å². The van der Waals surface area contributed by atoms with Crippen LogP contribution in [0.2, 0.25) is 0 Å². The molecule has 4 aliphatic rings. The predicted octanol–water partition coefficient (Wildman–Crippen LogP) is 2.25. The Labute approximate surface area is 194 Å². The lowest BCUT2D eigenvalue weighted by Crippen LogP contribution is -2.48. The summed E-state index contributed by atoms with van der Waals surface area (Å²) in [6.07, 6.45) is 6.13. The van der Waals surface area contributed by atoms with Crippen molar-refractivity contribution in [3.8, 4) is 11.5 Å². The summed E-state index contributed by atoms with van der Waals surface area (Å²) in [5.41, 5.74) is -0.492. The lowest BCUT2D eigenvalue weighted by atomic mass is 9.91. The van der Waals surface area contributed by atoms with Gasteiger partial charge < -0.3 is 19.7 Å². The van der Waals surface area contributed by atoms with Gasteiger partial charge in [-0.2, -0.15) is 0 Å². The van der Waals surface area contributed by atoms with E-state index in [1.807, 2.05) is 4.90 Å². The molecule has 4 heterocycles. The molecule has 0 aliphatic carbocycles. The molecular weight excluding hydrogens is 424 g/mol. The molecule has 0 unspecified atom stereocenters. The molecule has 0 saturated carbocycles. The van der Waals surface area contributed by atoms with E-state index in [0.717, 1.165) is 38.8 Å². The van der Waals surface area contributed by atoms with Crippen LogP contribution < -0.4 is 14.8 Å². The summed E-state index contributed by atoms with van der Waals surface area (Å²) in [6.45, 7) is 5.24. The van der Waals surface area contributed by atoms with Crippen molar-refractivity contribution in [2.45, 2.75) is 51.0 Å². The summed E-state index contributed by atoms with van der Waals surface area (Å²) in [5.74, 6) is 1.25. The molecule has 9 heteroatoms. The normalized spacial score (nSPS) is 26.5. The molecule has 1 N–H and O–H groups in total. The standard InChI is InChI=1S/C24H32N4O5/c1-24(18-6-7-19-20(14-18)33-16-32-19)22(30)28(23(31)25-24)15-26-12-8-17(9-13-26)21(29)27-10-4-2-3-5-11-27/h6-7,14,17H,2-5,8-13,15-16H2,1H3,(H,25,31)/t24-/m1/s1. The van der Waals surface area contributed by atoms with E-state index in [9.17, 15) is 14.4 Å². The van der Waals surface area contributed by atoms with Crippen LogP contribution in [0, 0.1) is 5.92 Å². The summed E-state index contributed by atoms with van der Waals surface area (Å²) in [6, 6.07) is 4.90. The molecule has 5 rings (SSSR count). The van der Waals surface area contributed by atoms with Crippen LogP contribution in [-0.2, 0) is 15.1 Å². The van der Waals surface area contributed by atoms with Crippen LogP contribution >= 0.6 is 0 Å². The van der Waals surface area contributed by atoms with E-state index in [0.29, 0.717) is 30.2 Å². The monoisotopic (exact) mass is 456 g/mol. The topological polar surface area (TPSA) is 91.4 Å². The third kappa shape index (κ3) is 4.14. The van der Waals surface area contributed by atoms with Gasteiger partial charge in [0.2, 0.25) is 12.7 Å². The zero-order chi connectivity index (χ0) is 23.0. The van der Waals surface area contributed by atoms with Crippen LogP contribution in [0.5, 0.6) is 11.5 Å². The van der Waals surface area contributed by atoms with E-state index < -0.39 is 11.6 Å². The molecule has 0 aromatic heterocycles. The third-order valence-electron chi connectivity index (χ3n) is 7.42. The number of carbonyl (C=O) groups is 3. The fourth-order valence-corrected chi connectivity index (χ4v) is 5.30. The molecule has 0 spiro atoms. The summed E-state index contributed by atoms with van der Waals surface area (Å²) in [5, 5.41) is 2.86. The number of carbonyl (C=O) groups excluding carboxylic acids is 3. The van der Waals surface area contributed by atoms with Crippen molar-refractivity contribution in [2.75, 3.05) is 39.6 Å². The second-order valence-corrected chi connectivity index (χ2v) is 9.63. The number of hydrogen-bond acceptors (Lipinski definition) is 6. The van der Waals surface area contributed by atoms with Gasteiger partial charge in [0.05, 0.1) is 6.67 Å². The average molecular weight is 457 g/mol. The number of urea groups is 1. The summed E-state index contributed by atoms with van der Waals surface area (Å²) in [7, 11) is 0. The minimum atomic E-state index is -1.15. The maximum Gasteiger partial charge on any atom is 0.326 e. The van der Waals surface area contributed by atoms with Gasteiger partial charge in [0, 0.05) is 32.1 Å². The van der Waals surface area contributed by atoms with Gasteiger partial charge in [-0.1, -0.05) is 18.9 Å². The van der Waals surface area contributed by atoms with Gasteiger partial charge in [-0.3, -0.25) is 14.5 Å². The maximum absolute atomic E-state index is 13.3. The van der Waals surface area contributed by atoms with E-state index in [1.54, 1.807) is 25.1 Å². The first kappa shape index (κ1) is 22.0. The van der Waals surface area contributed by atoms with Crippen LogP contribution in [0.4, 0.5) is 4.79 Å². The molecule has 1 aromatic carbocycles. The Morgan fingerprint density at radius 3 is 2.45 bits per heavy atom. The number of imide groups is 1. The van der Waals surface area contributed by atoms with E-state index in [-0.39, 0.29) is 31.2 Å². The van der Waals surface area contributed by atoms with Gasteiger partial charge in [-0.05, 0) is 50.3 Å². The van der Waals surface area contributed by atoms with Crippen LogP contribution in [0.25, 0.3) is 0 Å². The molecule has 178 valence electrons. The van der Waals surface area contributed by atoms with E-state index in [2.05, 4.69) is 10.2 Å². The van der Waals surface area contributed by atoms with Crippen molar-refractivity contribution < 1.29 is 23.9 Å². The molecule has 1 atom stereocenters. The first-order valence-corrected chi connectivity index (χ1v) is 12.0. The van der Waals surface area contributed by atoms with Gasteiger partial charge in [0.15, 0.2) is 11.5 Å². The van der Waals surface area contributed by atoms with Crippen molar-refractivity contribution in [1.82, 2.24) is 20.0 Å². The molecule has 33 heavy (non-hydrogen) atoms. The number of amides is 4. The Balaban J connectivity index is 1.19. The fourth-order valence-electron chi connectivity index (χ4n) is 5.30. The predicted molar refractivity (Wildman–Crippen MR) is 120 cm³/mol. The number of ether oxygens (including phenoxy) is 2. The molecule has 3 saturated heterocycles. The molecule has 4 amide bonds. The quantitative estimate of drug-likeness (QED) is 0.699. The number of piperidine rings is 1. The number of nitrogens with zero attached hydrogens (tertiary/aromatic N) is 3. The minimum absolute atomic E-state index is 0.0429. The first-order chi connectivity index (χ1) is 16.0. The number of fused-ring (bicyclic) bond motifs is 1. The molecule has 1 aromatic rings. The Hall–Kier alpha value is -2.81. The van der Waals surface area contributed by atoms with Crippen LogP contribution in [0.3, 0.4) is 0 Å². The highest BCUT2D eigenvalue weighted by Crippen LogP contribution is 2.38. The average Bonchev–Trinajstić information content (AvgIpc) is 3.24. The van der Waals surface area contributed by atoms with Gasteiger partial charge in [0.1, 0.15) is 5.54 Å². The summed E-state index contributed by atoms with van der Waals surface area (Å²) < 4.78 is 10.8. The third-order valence-corrected chi connectivity index (χ3v) is 7.42. The largest absolute Gasteiger partial charge is 0.454 e. The first-order valence-electron chi connectivity index (χ1n) is 12.0. The number of hydrogen-bond donors (Lipinski definition) is 1. The highest BCUT2D eigenvalue weighted by Gasteiger charge is 2.50. The Morgan fingerprint density at radius 1 is 1.03 bits per heavy atom. The lowest BCUT2D eigenvalue weighted by Gasteiger charge is -2.35. The van der Waals surface area contributed by atoms with Crippen LogP contribution in [0.15, 0.2) is 18.2 Å². The Bertz CT molecular complexity index is 937. The van der Waals surface area contributed by atoms with Crippen molar-refractivity contribution >= 4 is 17.8 Å². The van der Waals surface area contributed by atoms with Crippen LogP contribution in [-0.4, -0.2) is 72.2 Å². The fraction of sp³-hybridized carbons (Fsp3) is 0.625. The van der Waals surface area contributed by atoms with Gasteiger partial charge in [-0.15, -0.1) is 0 Å². The zero-order valence-corrected chi connectivity index (χ0v) is 19.2. The van der Waals surface area contributed by atoms with Gasteiger partial charge in [-0.25, -0.2) is 9.69 Å². The highest BCUT2D eigenvalue weighted by molar-refractivity contribution is 6.07. The number of rotatable bonds is 4. The van der Waals surface area contributed by atoms with E-state index >= 15 is 0 Å². The van der Waals surface area contributed by atoms with E-state index in [1.165, 1.54) is 17.7 Å². The highest BCUT2D eigenvalue weighted by atomic mass is 16.7. The van der Waals surface area contributed by atoms with Gasteiger partial charge >= 0.3 is 6.03 Å². The van der Waals surface area contributed by atoms with Crippen molar-refractivity contribution in [2.24, 2.45) is 5.92 Å². The minimum Gasteiger partial charge on any atom is -0.454 e. The number of benzene rings is 1. The molecular formula is C24H32N4O5. The molecule has 4 aliphatic heterocycles.